The van der Waals surface area contributed by atoms with E-state index in [1.54, 1.807) is 0 Å². The minimum atomic E-state index is -1.43. The van der Waals surface area contributed by atoms with Crippen molar-refractivity contribution in [1.82, 2.24) is 10.6 Å². The molecule has 14 heteroatoms. The van der Waals surface area contributed by atoms with Gasteiger partial charge in [0.15, 0.2) is 0 Å². The largest absolute Gasteiger partial charge is 0.481 e. The van der Waals surface area contributed by atoms with Crippen LogP contribution in [0.15, 0.2) is 0 Å². The molecular formula is C14H21N3O10S. The van der Waals surface area contributed by atoms with E-state index in [1.807, 2.05) is 5.32 Å². The van der Waals surface area contributed by atoms with Gasteiger partial charge in [0, 0.05) is 12.2 Å². The molecule has 0 bridgehead atoms. The molecule has 0 aliphatic rings. The summed E-state index contributed by atoms with van der Waals surface area (Å²) in [5.74, 6) is -7.53. The Morgan fingerprint density at radius 1 is 0.929 bits per heavy atom. The lowest BCUT2D eigenvalue weighted by molar-refractivity contribution is -0.142. The Labute approximate surface area is 162 Å². The highest BCUT2D eigenvalue weighted by Crippen LogP contribution is 2.17. The number of hydrogen-bond acceptors (Lipinski definition) is 8. The van der Waals surface area contributed by atoms with Gasteiger partial charge in [0.05, 0.1) is 6.42 Å². The molecule has 0 aromatic heterocycles. The third-order valence-corrected chi connectivity index (χ3v) is 4.46. The molecule has 3 atom stereocenters. The van der Waals surface area contributed by atoms with Crippen molar-refractivity contribution in [2.24, 2.45) is 5.73 Å². The van der Waals surface area contributed by atoms with Gasteiger partial charge in [-0.25, -0.2) is 0 Å². The maximum Gasteiger partial charge on any atom is 0.322 e. The summed E-state index contributed by atoms with van der Waals surface area (Å²) in [4.78, 5) is 66.9. The molecule has 0 heterocycles. The molecular weight excluding hydrogens is 402 g/mol. The second kappa shape index (κ2) is 12.5. The van der Waals surface area contributed by atoms with Gasteiger partial charge in [-0.3, -0.25) is 28.8 Å². The molecule has 0 radical (unpaired) electrons. The van der Waals surface area contributed by atoms with Crippen LogP contribution in [0, 0.1) is 0 Å². The van der Waals surface area contributed by atoms with Crippen molar-refractivity contribution in [1.29, 1.82) is 0 Å². The van der Waals surface area contributed by atoms with Crippen molar-refractivity contribution in [3.8, 4) is 0 Å². The van der Waals surface area contributed by atoms with Crippen molar-refractivity contribution in [2.45, 2.75) is 36.6 Å². The number of aliphatic carboxylic acids is 4. The van der Waals surface area contributed by atoms with E-state index < -0.39 is 66.0 Å². The van der Waals surface area contributed by atoms with Crippen molar-refractivity contribution >= 4 is 47.5 Å². The first-order chi connectivity index (χ1) is 12.9. The van der Waals surface area contributed by atoms with Crippen LogP contribution in [0.2, 0.25) is 0 Å². The molecule has 0 saturated carbocycles. The Balaban J connectivity index is 4.98. The molecule has 158 valence electrons. The van der Waals surface area contributed by atoms with Crippen LogP contribution in [-0.4, -0.2) is 85.7 Å². The standard InChI is InChI=1S/C14H21N3O10S/c15-6(13(24)25)1-2-9(18)17-7(12(23)16-4-11(21)22)5-28-8(14(26)27)3-10(19)20/h6-8H,1-5,15H2,(H,16,23)(H,17,18)(H,19,20)(H,21,22)(H,24,25)(H,26,27)/t6-,7-,8+/m0/s1. The number of carboxylic acids is 4. The first kappa shape index (κ1) is 25.1. The third-order valence-electron chi connectivity index (χ3n) is 3.16. The normalized spacial score (nSPS) is 13.6. The number of carbonyl (C=O) groups is 6. The van der Waals surface area contributed by atoms with Gasteiger partial charge in [0.25, 0.3) is 0 Å². The predicted molar refractivity (Wildman–Crippen MR) is 93.6 cm³/mol. The van der Waals surface area contributed by atoms with Gasteiger partial charge in [0.1, 0.15) is 23.9 Å². The summed E-state index contributed by atoms with van der Waals surface area (Å²) in [5, 5.41) is 37.8. The summed E-state index contributed by atoms with van der Waals surface area (Å²) in [7, 11) is 0. The van der Waals surface area contributed by atoms with Crippen molar-refractivity contribution in [3.63, 3.8) is 0 Å². The number of carboxylic acid groups (broad SMARTS) is 4. The van der Waals surface area contributed by atoms with E-state index in [4.69, 9.17) is 26.2 Å². The molecule has 0 unspecified atom stereocenters. The number of carbonyl (C=O) groups excluding carboxylic acids is 2. The van der Waals surface area contributed by atoms with Crippen LogP contribution < -0.4 is 16.4 Å². The zero-order chi connectivity index (χ0) is 21.9. The monoisotopic (exact) mass is 423 g/mol. The summed E-state index contributed by atoms with van der Waals surface area (Å²) in [6.07, 6.45) is -1.31. The summed E-state index contributed by atoms with van der Waals surface area (Å²) in [6, 6.07) is -2.67. The molecule has 13 nitrogen and oxygen atoms in total. The first-order valence-electron chi connectivity index (χ1n) is 7.77. The highest BCUT2D eigenvalue weighted by atomic mass is 32.2. The Hall–Kier alpha value is -2.87. The van der Waals surface area contributed by atoms with Crippen LogP contribution in [0.3, 0.4) is 0 Å². The van der Waals surface area contributed by atoms with E-state index in [-0.39, 0.29) is 18.6 Å². The van der Waals surface area contributed by atoms with Crippen molar-refractivity contribution in [2.75, 3.05) is 12.3 Å². The fraction of sp³-hybridized carbons (Fsp3) is 0.571. The van der Waals surface area contributed by atoms with Gasteiger partial charge < -0.3 is 36.8 Å². The second-order valence-electron chi connectivity index (χ2n) is 5.47. The maximum absolute atomic E-state index is 12.0. The number of amides is 2. The number of nitrogens with one attached hydrogen (secondary N) is 2. The molecule has 0 aromatic carbocycles. The average Bonchev–Trinajstić information content (AvgIpc) is 2.58. The first-order valence-corrected chi connectivity index (χ1v) is 8.82. The van der Waals surface area contributed by atoms with Crippen LogP contribution in [0.4, 0.5) is 0 Å². The highest BCUT2D eigenvalue weighted by molar-refractivity contribution is 8.00. The molecule has 28 heavy (non-hydrogen) atoms. The fourth-order valence-electron chi connectivity index (χ4n) is 1.73. The van der Waals surface area contributed by atoms with Gasteiger partial charge in [-0.1, -0.05) is 0 Å². The number of nitrogens with two attached hydrogens (primary N) is 1. The number of rotatable bonds is 14. The smallest absolute Gasteiger partial charge is 0.322 e. The van der Waals surface area contributed by atoms with E-state index in [2.05, 4.69) is 5.32 Å². The zero-order valence-corrected chi connectivity index (χ0v) is 15.3. The van der Waals surface area contributed by atoms with E-state index in [1.165, 1.54) is 0 Å². The van der Waals surface area contributed by atoms with E-state index in [0.29, 0.717) is 11.8 Å². The van der Waals surface area contributed by atoms with Crippen molar-refractivity contribution in [3.05, 3.63) is 0 Å². The van der Waals surface area contributed by atoms with Gasteiger partial charge in [-0.15, -0.1) is 11.8 Å². The quantitative estimate of drug-likeness (QED) is 0.154. The van der Waals surface area contributed by atoms with E-state index in [0.717, 1.165) is 0 Å². The van der Waals surface area contributed by atoms with Crippen LogP contribution in [-0.2, 0) is 28.8 Å². The van der Waals surface area contributed by atoms with Crippen molar-refractivity contribution < 1.29 is 49.2 Å². The Kier molecular flexibility index (Phi) is 11.2. The van der Waals surface area contributed by atoms with Gasteiger partial charge in [0.2, 0.25) is 11.8 Å². The summed E-state index contributed by atoms with van der Waals surface area (Å²) in [5.41, 5.74) is 5.27. The van der Waals surface area contributed by atoms with Crippen LogP contribution in [0.25, 0.3) is 0 Å². The highest BCUT2D eigenvalue weighted by Gasteiger charge is 2.27. The minimum Gasteiger partial charge on any atom is -0.481 e. The van der Waals surface area contributed by atoms with Crippen LogP contribution in [0.5, 0.6) is 0 Å². The molecule has 0 aliphatic carbocycles. The number of hydrogen-bond donors (Lipinski definition) is 7. The molecule has 0 fully saturated rings. The van der Waals surface area contributed by atoms with Gasteiger partial charge >= 0.3 is 23.9 Å². The Bertz CT molecular complexity index is 626. The molecule has 8 N–H and O–H groups in total. The second-order valence-corrected chi connectivity index (χ2v) is 6.71. The third kappa shape index (κ3) is 11.0. The molecule has 0 aromatic rings. The van der Waals surface area contributed by atoms with E-state index >= 15 is 0 Å². The van der Waals surface area contributed by atoms with Crippen LogP contribution in [0.1, 0.15) is 19.3 Å². The van der Waals surface area contributed by atoms with Gasteiger partial charge in [-0.05, 0) is 6.42 Å². The lowest BCUT2D eigenvalue weighted by Crippen LogP contribution is -2.50. The molecule has 0 rings (SSSR count). The fourth-order valence-corrected chi connectivity index (χ4v) is 2.80. The average molecular weight is 423 g/mol. The molecule has 0 aliphatic heterocycles. The zero-order valence-electron chi connectivity index (χ0n) is 14.5. The molecule has 2 amide bonds. The lowest BCUT2D eigenvalue weighted by Gasteiger charge is -2.19. The predicted octanol–water partition coefficient (Wildman–Crippen LogP) is -2.47. The topological polar surface area (TPSA) is 233 Å². The lowest BCUT2D eigenvalue weighted by atomic mass is 10.1. The molecule has 0 saturated heterocycles. The van der Waals surface area contributed by atoms with Crippen LogP contribution >= 0.6 is 11.8 Å². The maximum atomic E-state index is 12.0. The minimum absolute atomic E-state index is 0.228. The Morgan fingerprint density at radius 2 is 1.54 bits per heavy atom. The summed E-state index contributed by atoms with van der Waals surface area (Å²) < 4.78 is 0. The number of thioether (sulfide) groups is 1. The summed E-state index contributed by atoms with van der Waals surface area (Å²) in [6.45, 7) is -0.753. The summed E-state index contributed by atoms with van der Waals surface area (Å²) >= 11 is 0.578. The van der Waals surface area contributed by atoms with Gasteiger partial charge in [-0.2, -0.15) is 0 Å². The molecule has 0 spiro atoms. The SMILES string of the molecule is N[C@@H](CCC(=O)N[C@@H](CS[C@H](CC(=O)O)C(=O)O)C(=O)NCC(=O)O)C(=O)O. The van der Waals surface area contributed by atoms with E-state index in [9.17, 15) is 28.8 Å². The Morgan fingerprint density at radius 3 is 2.00 bits per heavy atom.